The molecule has 0 unspecified atom stereocenters. The van der Waals surface area contributed by atoms with Crippen molar-refractivity contribution in [2.45, 2.75) is 44.9 Å². The fraction of sp³-hybridized carbons (Fsp3) is 0.529. The van der Waals surface area contributed by atoms with Crippen LogP contribution in [0.15, 0.2) is 11.6 Å². The number of hydrogen-bond donors (Lipinski definition) is 1. The second-order valence-corrected chi connectivity index (χ2v) is 7.41. The zero-order valence-electron chi connectivity index (χ0n) is 12.9. The molecule has 1 fully saturated rings. The summed E-state index contributed by atoms with van der Waals surface area (Å²) in [4.78, 5) is 24.1. The molecule has 3 heterocycles. The van der Waals surface area contributed by atoms with E-state index in [9.17, 15) is 4.79 Å². The van der Waals surface area contributed by atoms with Crippen LogP contribution in [-0.2, 0) is 12.8 Å². The average Bonchev–Trinajstić information content (AvgIpc) is 3.25. The van der Waals surface area contributed by atoms with Crippen LogP contribution < -0.4 is 0 Å². The van der Waals surface area contributed by atoms with E-state index in [0.29, 0.717) is 5.92 Å². The van der Waals surface area contributed by atoms with Gasteiger partial charge in [-0.3, -0.25) is 4.79 Å². The summed E-state index contributed by atoms with van der Waals surface area (Å²) in [6, 6.07) is 0. The number of carbonyl (C=O) groups is 1. The number of nitrogens with one attached hydrogen (secondary N) is 1. The van der Waals surface area contributed by atoms with E-state index in [1.807, 2.05) is 18.0 Å². The molecule has 4 nitrogen and oxygen atoms in total. The number of fused-ring (bicyclic) bond motifs is 1. The van der Waals surface area contributed by atoms with Crippen molar-refractivity contribution in [1.29, 1.82) is 0 Å². The van der Waals surface area contributed by atoms with Crippen molar-refractivity contribution >= 4 is 17.2 Å². The number of aromatic nitrogens is 2. The molecule has 4 rings (SSSR count). The third-order valence-electron chi connectivity index (χ3n) is 4.88. The minimum Gasteiger partial charge on any atom is -0.346 e. The largest absolute Gasteiger partial charge is 0.346 e. The number of likely N-dealkylation sites (tertiary alicyclic amines) is 1. The Balaban J connectivity index is 1.51. The van der Waals surface area contributed by atoms with Crippen LogP contribution in [0.4, 0.5) is 0 Å². The van der Waals surface area contributed by atoms with Crippen LogP contribution in [0.1, 0.15) is 57.5 Å². The summed E-state index contributed by atoms with van der Waals surface area (Å²) >= 11 is 1.77. The number of amides is 1. The number of hydrogen-bond acceptors (Lipinski definition) is 3. The van der Waals surface area contributed by atoms with Crippen molar-refractivity contribution < 1.29 is 4.79 Å². The lowest BCUT2D eigenvalue weighted by molar-refractivity contribution is 0.0790. The molecule has 2 aliphatic rings. The number of H-pyrrole nitrogens is 1. The summed E-state index contributed by atoms with van der Waals surface area (Å²) in [5.41, 5.74) is 3.39. The van der Waals surface area contributed by atoms with Gasteiger partial charge in [-0.2, -0.15) is 0 Å². The SMILES string of the molecule is Cc1cnc([C@@H]2CCN(C(=O)c3csc4c3CCCC4)C2)[nH]1. The summed E-state index contributed by atoms with van der Waals surface area (Å²) in [5.74, 6) is 1.61. The Morgan fingerprint density at radius 1 is 1.41 bits per heavy atom. The topological polar surface area (TPSA) is 49.0 Å². The first kappa shape index (κ1) is 14.0. The number of aryl methyl sites for hydroxylation is 2. The first-order valence-corrected chi connectivity index (χ1v) is 9.00. The lowest BCUT2D eigenvalue weighted by Crippen LogP contribution is -2.29. The van der Waals surface area contributed by atoms with Crippen LogP contribution in [-0.4, -0.2) is 33.9 Å². The Bertz CT molecular complexity index is 703. The Labute approximate surface area is 134 Å². The van der Waals surface area contributed by atoms with Gasteiger partial charge in [-0.1, -0.05) is 0 Å². The highest BCUT2D eigenvalue weighted by Crippen LogP contribution is 2.33. The molecule has 1 atom stereocenters. The highest BCUT2D eigenvalue weighted by Gasteiger charge is 2.31. The van der Waals surface area contributed by atoms with E-state index < -0.39 is 0 Å². The van der Waals surface area contributed by atoms with Crippen molar-refractivity contribution in [2.75, 3.05) is 13.1 Å². The molecule has 0 spiro atoms. The Kier molecular flexibility index (Phi) is 3.53. The van der Waals surface area contributed by atoms with Gasteiger partial charge >= 0.3 is 0 Å². The number of rotatable bonds is 2. The first-order chi connectivity index (χ1) is 10.7. The van der Waals surface area contributed by atoms with Gasteiger partial charge in [-0.25, -0.2) is 4.98 Å². The summed E-state index contributed by atoms with van der Waals surface area (Å²) in [6.07, 6.45) is 7.60. The maximum absolute atomic E-state index is 12.9. The fourth-order valence-corrected chi connectivity index (χ4v) is 4.77. The normalized spacial score (nSPS) is 21.1. The molecule has 0 aromatic carbocycles. The summed E-state index contributed by atoms with van der Waals surface area (Å²) in [6.45, 7) is 3.65. The van der Waals surface area contributed by atoms with Crippen LogP contribution in [0.5, 0.6) is 0 Å². The minimum atomic E-state index is 0.227. The van der Waals surface area contributed by atoms with E-state index in [1.165, 1.54) is 23.3 Å². The fourth-order valence-electron chi connectivity index (χ4n) is 3.65. The first-order valence-electron chi connectivity index (χ1n) is 8.12. The molecule has 116 valence electrons. The van der Waals surface area contributed by atoms with Gasteiger partial charge in [0.1, 0.15) is 5.82 Å². The maximum atomic E-state index is 12.9. The molecule has 1 amide bonds. The highest BCUT2D eigenvalue weighted by atomic mass is 32.1. The van der Waals surface area contributed by atoms with Crippen LogP contribution in [0, 0.1) is 6.92 Å². The molecule has 2 aromatic heterocycles. The second kappa shape index (κ2) is 5.54. The zero-order chi connectivity index (χ0) is 15.1. The smallest absolute Gasteiger partial charge is 0.255 e. The molecule has 1 saturated heterocycles. The molecule has 5 heteroatoms. The van der Waals surface area contributed by atoms with Crippen LogP contribution in [0.2, 0.25) is 0 Å². The number of thiophene rings is 1. The predicted molar refractivity (Wildman–Crippen MR) is 87.5 cm³/mol. The molecule has 0 bridgehead atoms. The van der Waals surface area contributed by atoms with Crippen LogP contribution in [0.3, 0.4) is 0 Å². The molecule has 1 aliphatic heterocycles. The quantitative estimate of drug-likeness (QED) is 0.924. The van der Waals surface area contributed by atoms with E-state index in [0.717, 1.165) is 49.4 Å². The lowest BCUT2D eigenvalue weighted by Gasteiger charge is -2.18. The third-order valence-corrected chi connectivity index (χ3v) is 5.97. The van der Waals surface area contributed by atoms with E-state index in [2.05, 4.69) is 15.3 Å². The average molecular weight is 315 g/mol. The molecule has 22 heavy (non-hydrogen) atoms. The Morgan fingerprint density at radius 3 is 3.09 bits per heavy atom. The van der Waals surface area contributed by atoms with Crippen molar-refractivity contribution in [3.8, 4) is 0 Å². The van der Waals surface area contributed by atoms with Crippen LogP contribution >= 0.6 is 11.3 Å². The summed E-state index contributed by atoms with van der Waals surface area (Å²) in [5, 5.41) is 2.09. The van der Waals surface area contributed by atoms with Gasteiger partial charge in [0.15, 0.2) is 0 Å². The summed E-state index contributed by atoms with van der Waals surface area (Å²) in [7, 11) is 0. The maximum Gasteiger partial charge on any atom is 0.255 e. The van der Waals surface area contributed by atoms with Gasteiger partial charge in [0.25, 0.3) is 5.91 Å². The monoisotopic (exact) mass is 315 g/mol. The van der Waals surface area contributed by atoms with Crippen molar-refractivity contribution in [1.82, 2.24) is 14.9 Å². The van der Waals surface area contributed by atoms with Gasteiger partial charge in [-0.15, -0.1) is 11.3 Å². The second-order valence-electron chi connectivity index (χ2n) is 6.45. The molecule has 0 radical (unpaired) electrons. The lowest BCUT2D eigenvalue weighted by atomic mass is 9.95. The molecule has 1 N–H and O–H groups in total. The Morgan fingerprint density at radius 2 is 2.27 bits per heavy atom. The molecule has 0 saturated carbocycles. The van der Waals surface area contributed by atoms with Crippen LogP contribution in [0.25, 0.3) is 0 Å². The number of nitrogens with zero attached hydrogens (tertiary/aromatic N) is 2. The predicted octanol–water partition coefficient (Wildman–Crippen LogP) is 3.29. The third kappa shape index (κ3) is 2.37. The standard InChI is InChI=1S/C17H21N3OS/c1-11-8-18-16(19-11)12-6-7-20(9-12)17(21)14-10-22-15-5-3-2-4-13(14)15/h8,10,12H,2-7,9H2,1H3,(H,18,19)/t12-/m1/s1. The van der Waals surface area contributed by atoms with Gasteiger partial charge in [-0.05, 0) is 44.6 Å². The number of aromatic amines is 1. The van der Waals surface area contributed by atoms with Gasteiger partial charge in [0.05, 0.1) is 5.56 Å². The van der Waals surface area contributed by atoms with Gasteiger partial charge < -0.3 is 9.88 Å². The molecule has 2 aromatic rings. The highest BCUT2D eigenvalue weighted by molar-refractivity contribution is 7.10. The number of carbonyl (C=O) groups excluding carboxylic acids is 1. The molecule has 1 aliphatic carbocycles. The molecular formula is C17H21N3OS. The van der Waals surface area contributed by atoms with Crippen molar-refractivity contribution in [3.63, 3.8) is 0 Å². The Hall–Kier alpha value is -1.62. The van der Waals surface area contributed by atoms with Crippen molar-refractivity contribution in [2.24, 2.45) is 0 Å². The van der Waals surface area contributed by atoms with E-state index in [-0.39, 0.29) is 5.91 Å². The van der Waals surface area contributed by atoms with E-state index in [4.69, 9.17) is 0 Å². The van der Waals surface area contributed by atoms with Crippen molar-refractivity contribution in [3.05, 3.63) is 39.1 Å². The van der Waals surface area contributed by atoms with Gasteiger partial charge in [0.2, 0.25) is 0 Å². The van der Waals surface area contributed by atoms with E-state index >= 15 is 0 Å². The summed E-state index contributed by atoms with van der Waals surface area (Å²) < 4.78 is 0. The zero-order valence-corrected chi connectivity index (χ0v) is 13.7. The minimum absolute atomic E-state index is 0.227. The molecular weight excluding hydrogens is 294 g/mol. The van der Waals surface area contributed by atoms with Gasteiger partial charge in [0, 0.05) is 41.2 Å². The van der Waals surface area contributed by atoms with E-state index in [1.54, 1.807) is 11.3 Å². The number of imidazole rings is 1.